The molecule has 88 valence electrons. The summed E-state index contributed by atoms with van der Waals surface area (Å²) in [6, 6.07) is 4.64. The highest BCUT2D eigenvalue weighted by molar-refractivity contribution is 7.80. The molecule has 1 rings (SSSR count). The van der Waals surface area contributed by atoms with Crippen molar-refractivity contribution in [2.45, 2.75) is 40.2 Å². The van der Waals surface area contributed by atoms with Crippen molar-refractivity contribution in [2.24, 2.45) is 5.73 Å². The van der Waals surface area contributed by atoms with Gasteiger partial charge in [-0.2, -0.15) is 0 Å². The Morgan fingerprint density at radius 2 is 1.81 bits per heavy atom. The number of hydrogen-bond donors (Lipinski definition) is 2. The lowest BCUT2D eigenvalue weighted by molar-refractivity contribution is 0.836. The van der Waals surface area contributed by atoms with Gasteiger partial charge in [0.15, 0.2) is 0 Å². The molecule has 0 spiro atoms. The zero-order valence-corrected chi connectivity index (χ0v) is 11.2. The van der Waals surface area contributed by atoms with Crippen molar-refractivity contribution in [3.05, 3.63) is 28.8 Å². The summed E-state index contributed by atoms with van der Waals surface area (Å²) < 4.78 is 0. The molecule has 3 heteroatoms. The topological polar surface area (TPSA) is 38.0 Å². The van der Waals surface area contributed by atoms with Gasteiger partial charge in [-0.15, -0.1) is 0 Å². The van der Waals surface area contributed by atoms with Crippen molar-refractivity contribution in [1.82, 2.24) is 0 Å². The molecule has 0 fully saturated rings. The predicted octanol–water partition coefficient (Wildman–Crippen LogP) is 3.09. The molecule has 0 saturated heterocycles. The van der Waals surface area contributed by atoms with Gasteiger partial charge in [-0.3, -0.25) is 0 Å². The van der Waals surface area contributed by atoms with Crippen LogP contribution in [-0.2, 0) is 0 Å². The molecule has 1 atom stereocenters. The maximum absolute atomic E-state index is 5.54. The first-order valence-corrected chi connectivity index (χ1v) is 5.93. The second kappa shape index (κ2) is 5.30. The number of thiocarbonyl (C=S) groups is 1. The Labute approximate surface area is 103 Å². The van der Waals surface area contributed by atoms with Crippen molar-refractivity contribution >= 4 is 22.9 Å². The lowest BCUT2D eigenvalue weighted by Crippen LogP contribution is -2.23. The third-order valence-corrected chi connectivity index (χ3v) is 2.74. The van der Waals surface area contributed by atoms with E-state index in [9.17, 15) is 0 Å². The monoisotopic (exact) mass is 236 g/mol. The normalized spacial score (nSPS) is 12.2. The second-order valence-corrected chi connectivity index (χ2v) is 5.01. The number of nitrogens with one attached hydrogen (secondary N) is 1. The number of benzene rings is 1. The molecule has 16 heavy (non-hydrogen) atoms. The Bertz CT molecular complexity index is 376. The van der Waals surface area contributed by atoms with Crippen LogP contribution in [-0.4, -0.2) is 11.0 Å². The van der Waals surface area contributed by atoms with Gasteiger partial charge in [0.05, 0.1) is 4.99 Å². The van der Waals surface area contributed by atoms with E-state index in [0.717, 1.165) is 6.42 Å². The van der Waals surface area contributed by atoms with Gasteiger partial charge in [-0.1, -0.05) is 29.9 Å². The highest BCUT2D eigenvalue weighted by Crippen LogP contribution is 2.23. The van der Waals surface area contributed by atoms with Crippen LogP contribution < -0.4 is 11.1 Å². The number of rotatable bonds is 4. The Morgan fingerprint density at radius 1 is 1.31 bits per heavy atom. The van der Waals surface area contributed by atoms with Gasteiger partial charge in [0.2, 0.25) is 0 Å². The molecule has 0 radical (unpaired) electrons. The van der Waals surface area contributed by atoms with Gasteiger partial charge in [-0.25, -0.2) is 0 Å². The maximum atomic E-state index is 5.54. The standard InChI is InChI=1S/C13H20N2S/c1-8-5-9(2)13(10(3)6-8)15-11(4)7-12(14)16/h5-6,11,15H,7H2,1-4H3,(H2,14,16). The summed E-state index contributed by atoms with van der Waals surface area (Å²) in [4.78, 5) is 0.558. The van der Waals surface area contributed by atoms with E-state index in [1.165, 1.54) is 22.4 Å². The summed E-state index contributed by atoms with van der Waals surface area (Å²) in [5.74, 6) is 0. The fourth-order valence-corrected chi connectivity index (χ4v) is 2.26. The molecule has 2 nitrogen and oxygen atoms in total. The summed E-state index contributed by atoms with van der Waals surface area (Å²) in [5, 5.41) is 3.47. The summed E-state index contributed by atoms with van der Waals surface area (Å²) in [7, 11) is 0. The number of anilines is 1. The number of hydrogen-bond acceptors (Lipinski definition) is 2. The Kier molecular flexibility index (Phi) is 4.30. The quantitative estimate of drug-likeness (QED) is 0.789. The third kappa shape index (κ3) is 3.49. The highest BCUT2D eigenvalue weighted by Gasteiger charge is 2.08. The van der Waals surface area contributed by atoms with Gasteiger partial charge in [0.1, 0.15) is 0 Å². The van der Waals surface area contributed by atoms with Crippen LogP contribution in [0, 0.1) is 20.8 Å². The SMILES string of the molecule is Cc1cc(C)c(NC(C)CC(N)=S)c(C)c1. The fraction of sp³-hybridized carbons (Fsp3) is 0.462. The van der Waals surface area contributed by atoms with E-state index in [1.54, 1.807) is 0 Å². The third-order valence-electron chi connectivity index (χ3n) is 2.58. The van der Waals surface area contributed by atoms with Crippen molar-refractivity contribution < 1.29 is 0 Å². The predicted molar refractivity (Wildman–Crippen MR) is 75.1 cm³/mol. The lowest BCUT2D eigenvalue weighted by Gasteiger charge is -2.19. The molecule has 1 unspecified atom stereocenters. The van der Waals surface area contributed by atoms with Crippen LogP contribution >= 0.6 is 12.2 Å². The van der Waals surface area contributed by atoms with E-state index in [-0.39, 0.29) is 6.04 Å². The highest BCUT2D eigenvalue weighted by atomic mass is 32.1. The molecule has 0 amide bonds. The van der Waals surface area contributed by atoms with Crippen molar-refractivity contribution in [2.75, 3.05) is 5.32 Å². The first kappa shape index (κ1) is 13.0. The molecule has 1 aromatic rings. The average Bonchev–Trinajstić information content (AvgIpc) is 2.09. The van der Waals surface area contributed by atoms with Crippen molar-refractivity contribution in [3.8, 4) is 0 Å². The van der Waals surface area contributed by atoms with Crippen LogP contribution in [0.2, 0.25) is 0 Å². The van der Waals surface area contributed by atoms with Crippen LogP contribution in [0.3, 0.4) is 0 Å². The molecule has 0 bridgehead atoms. The summed E-state index contributed by atoms with van der Waals surface area (Å²) in [5.41, 5.74) is 10.6. The molecule has 0 saturated carbocycles. The van der Waals surface area contributed by atoms with Gasteiger partial charge in [0.25, 0.3) is 0 Å². The van der Waals surface area contributed by atoms with E-state index < -0.39 is 0 Å². The minimum atomic E-state index is 0.276. The molecule has 0 aliphatic heterocycles. The average molecular weight is 236 g/mol. The largest absolute Gasteiger partial charge is 0.393 e. The molecule has 0 aliphatic rings. The van der Waals surface area contributed by atoms with Crippen LogP contribution in [0.1, 0.15) is 30.0 Å². The van der Waals surface area contributed by atoms with Crippen LogP contribution in [0.25, 0.3) is 0 Å². The van der Waals surface area contributed by atoms with Crippen molar-refractivity contribution in [3.63, 3.8) is 0 Å². The number of aryl methyl sites for hydroxylation is 3. The lowest BCUT2D eigenvalue weighted by atomic mass is 10.0. The van der Waals surface area contributed by atoms with E-state index >= 15 is 0 Å². The summed E-state index contributed by atoms with van der Waals surface area (Å²) >= 11 is 4.91. The van der Waals surface area contributed by atoms with E-state index in [2.05, 4.69) is 45.1 Å². The molecule has 0 aliphatic carbocycles. The van der Waals surface area contributed by atoms with Crippen LogP contribution in [0.4, 0.5) is 5.69 Å². The Morgan fingerprint density at radius 3 is 2.25 bits per heavy atom. The minimum Gasteiger partial charge on any atom is -0.393 e. The van der Waals surface area contributed by atoms with Gasteiger partial charge < -0.3 is 11.1 Å². The zero-order valence-electron chi connectivity index (χ0n) is 10.4. The second-order valence-electron chi connectivity index (χ2n) is 4.49. The fourth-order valence-electron chi connectivity index (χ4n) is 2.01. The Balaban J connectivity index is 2.85. The summed E-state index contributed by atoms with van der Waals surface area (Å²) in [6.07, 6.45) is 0.724. The molecule has 0 aromatic heterocycles. The zero-order chi connectivity index (χ0) is 12.3. The van der Waals surface area contributed by atoms with Gasteiger partial charge in [0, 0.05) is 18.2 Å². The van der Waals surface area contributed by atoms with Crippen LogP contribution in [0.5, 0.6) is 0 Å². The van der Waals surface area contributed by atoms with Crippen molar-refractivity contribution in [1.29, 1.82) is 0 Å². The molecular formula is C13H20N2S. The van der Waals surface area contributed by atoms with E-state index in [0.29, 0.717) is 4.99 Å². The smallest absolute Gasteiger partial charge is 0.0747 e. The minimum absolute atomic E-state index is 0.276. The van der Waals surface area contributed by atoms with Gasteiger partial charge in [-0.05, 0) is 38.8 Å². The Hall–Kier alpha value is -1.09. The molecular weight excluding hydrogens is 216 g/mol. The number of nitrogens with two attached hydrogens (primary N) is 1. The summed E-state index contributed by atoms with van der Waals surface area (Å²) in [6.45, 7) is 8.45. The van der Waals surface area contributed by atoms with E-state index in [1.807, 2.05) is 0 Å². The first-order valence-electron chi connectivity index (χ1n) is 5.53. The van der Waals surface area contributed by atoms with Crippen LogP contribution in [0.15, 0.2) is 12.1 Å². The van der Waals surface area contributed by atoms with Gasteiger partial charge >= 0.3 is 0 Å². The molecule has 0 heterocycles. The maximum Gasteiger partial charge on any atom is 0.0747 e. The first-order chi connectivity index (χ1) is 7.40. The van der Waals surface area contributed by atoms with E-state index in [4.69, 9.17) is 18.0 Å². The molecule has 1 aromatic carbocycles. The molecule has 3 N–H and O–H groups in total.